The van der Waals surface area contributed by atoms with E-state index in [0.29, 0.717) is 5.95 Å². The largest absolute Gasteiger partial charge is 0.478 e. The van der Waals surface area contributed by atoms with Crippen LogP contribution in [-0.4, -0.2) is 52.2 Å². The van der Waals surface area contributed by atoms with Crippen molar-refractivity contribution in [2.75, 3.05) is 41.3 Å². The first-order valence-electron chi connectivity index (χ1n) is 10.1. The van der Waals surface area contributed by atoms with Crippen LogP contribution in [0.25, 0.3) is 0 Å². The monoisotopic (exact) mass is 382 g/mol. The molecule has 0 unspecified atom stereocenters. The zero-order valence-electron chi connectivity index (χ0n) is 16.0. The number of hydrogen-bond donors (Lipinski definition) is 2. The first-order valence-corrected chi connectivity index (χ1v) is 10.1. The fraction of sp³-hybridized carbons (Fsp3) is 0.500. The van der Waals surface area contributed by atoms with Crippen molar-refractivity contribution < 1.29 is 9.90 Å². The van der Waals surface area contributed by atoms with Crippen molar-refractivity contribution >= 4 is 29.5 Å². The summed E-state index contributed by atoms with van der Waals surface area (Å²) in [5, 5.41) is 12.3. The van der Waals surface area contributed by atoms with Crippen LogP contribution >= 0.6 is 0 Å². The van der Waals surface area contributed by atoms with Gasteiger partial charge in [-0.25, -0.2) is 4.79 Å². The van der Waals surface area contributed by atoms with Crippen LogP contribution in [0.4, 0.5) is 23.5 Å². The van der Waals surface area contributed by atoms with E-state index in [-0.39, 0.29) is 5.56 Å². The SMILES string of the molecule is O=C(O)c1ccc(Nc2nc(N3CCCCC3)nc(N3CCCCC3)n2)cc1. The molecule has 0 saturated carbocycles. The lowest BCUT2D eigenvalue weighted by atomic mass is 10.1. The topological polar surface area (TPSA) is 94.5 Å². The Labute approximate surface area is 164 Å². The Bertz CT molecular complexity index is 778. The van der Waals surface area contributed by atoms with Crippen LogP contribution < -0.4 is 15.1 Å². The Morgan fingerprint density at radius 3 is 1.75 bits per heavy atom. The Morgan fingerprint density at radius 2 is 1.29 bits per heavy atom. The molecule has 2 fully saturated rings. The molecule has 0 spiro atoms. The van der Waals surface area contributed by atoms with Gasteiger partial charge in [0.2, 0.25) is 17.8 Å². The summed E-state index contributed by atoms with van der Waals surface area (Å²) < 4.78 is 0. The summed E-state index contributed by atoms with van der Waals surface area (Å²) in [5.41, 5.74) is 1.01. The molecule has 2 aromatic rings. The van der Waals surface area contributed by atoms with E-state index in [9.17, 15) is 4.79 Å². The number of carboxylic acids is 1. The van der Waals surface area contributed by atoms with E-state index in [2.05, 4.69) is 25.1 Å². The zero-order chi connectivity index (χ0) is 19.3. The third-order valence-corrected chi connectivity index (χ3v) is 5.28. The van der Waals surface area contributed by atoms with Crippen LogP contribution in [0.3, 0.4) is 0 Å². The summed E-state index contributed by atoms with van der Waals surface area (Å²) in [6, 6.07) is 6.61. The number of piperidine rings is 2. The van der Waals surface area contributed by atoms with E-state index in [0.717, 1.165) is 69.4 Å². The summed E-state index contributed by atoms with van der Waals surface area (Å²) in [5.74, 6) is 1.01. The molecule has 2 saturated heterocycles. The van der Waals surface area contributed by atoms with Gasteiger partial charge in [-0.15, -0.1) is 0 Å². The lowest BCUT2D eigenvalue weighted by Gasteiger charge is -2.30. The second kappa shape index (κ2) is 8.41. The molecule has 4 rings (SSSR count). The molecular weight excluding hydrogens is 356 g/mol. The van der Waals surface area contributed by atoms with Crippen LogP contribution in [0.1, 0.15) is 48.9 Å². The van der Waals surface area contributed by atoms with Gasteiger partial charge in [0.25, 0.3) is 0 Å². The molecule has 148 valence electrons. The van der Waals surface area contributed by atoms with E-state index < -0.39 is 5.97 Å². The maximum atomic E-state index is 11.0. The van der Waals surface area contributed by atoms with E-state index in [1.807, 2.05) is 0 Å². The lowest BCUT2D eigenvalue weighted by Crippen LogP contribution is -2.34. The molecule has 8 nitrogen and oxygen atoms in total. The number of anilines is 4. The molecule has 0 amide bonds. The highest BCUT2D eigenvalue weighted by molar-refractivity contribution is 5.88. The van der Waals surface area contributed by atoms with E-state index >= 15 is 0 Å². The van der Waals surface area contributed by atoms with Crippen molar-refractivity contribution in [2.24, 2.45) is 0 Å². The summed E-state index contributed by atoms with van der Waals surface area (Å²) in [6.07, 6.45) is 7.13. The van der Waals surface area contributed by atoms with E-state index in [1.165, 1.54) is 12.8 Å². The fourth-order valence-corrected chi connectivity index (χ4v) is 3.71. The Kier molecular flexibility index (Phi) is 5.55. The molecule has 0 atom stereocenters. The van der Waals surface area contributed by atoms with Gasteiger partial charge in [-0.05, 0) is 62.8 Å². The van der Waals surface area contributed by atoms with Crippen molar-refractivity contribution in [2.45, 2.75) is 38.5 Å². The van der Waals surface area contributed by atoms with Crippen LogP contribution in [0.15, 0.2) is 24.3 Å². The molecule has 3 heterocycles. The standard InChI is InChI=1S/C20H26N6O2/c27-17(28)15-7-9-16(10-8-15)21-18-22-19(25-11-3-1-4-12-25)24-20(23-18)26-13-5-2-6-14-26/h7-10H,1-6,11-14H2,(H,27,28)(H,21,22,23,24). The second-order valence-corrected chi connectivity index (χ2v) is 7.36. The summed E-state index contributed by atoms with van der Waals surface area (Å²) in [6.45, 7) is 3.87. The third-order valence-electron chi connectivity index (χ3n) is 5.28. The van der Waals surface area contributed by atoms with Crippen LogP contribution in [-0.2, 0) is 0 Å². The van der Waals surface area contributed by atoms with Gasteiger partial charge in [0.05, 0.1) is 5.56 Å². The molecule has 0 aliphatic carbocycles. The van der Waals surface area contributed by atoms with Gasteiger partial charge in [-0.3, -0.25) is 0 Å². The van der Waals surface area contributed by atoms with Gasteiger partial charge >= 0.3 is 5.97 Å². The summed E-state index contributed by atoms with van der Waals surface area (Å²) in [7, 11) is 0. The predicted octanol–water partition coefficient (Wildman–Crippen LogP) is 3.29. The van der Waals surface area contributed by atoms with Gasteiger partial charge in [0, 0.05) is 31.9 Å². The second-order valence-electron chi connectivity index (χ2n) is 7.36. The number of nitrogens with one attached hydrogen (secondary N) is 1. The van der Waals surface area contributed by atoms with Crippen molar-refractivity contribution in [1.82, 2.24) is 15.0 Å². The van der Waals surface area contributed by atoms with Crippen LogP contribution in [0, 0.1) is 0 Å². The minimum Gasteiger partial charge on any atom is -0.478 e. The van der Waals surface area contributed by atoms with E-state index in [4.69, 9.17) is 10.1 Å². The number of hydrogen-bond acceptors (Lipinski definition) is 7. The van der Waals surface area contributed by atoms with E-state index in [1.54, 1.807) is 24.3 Å². The quantitative estimate of drug-likeness (QED) is 0.813. The molecule has 2 aliphatic rings. The average Bonchev–Trinajstić information content (AvgIpc) is 2.75. The Morgan fingerprint density at radius 1 is 0.786 bits per heavy atom. The molecular formula is C20H26N6O2. The Balaban J connectivity index is 1.61. The number of benzene rings is 1. The maximum Gasteiger partial charge on any atom is 0.335 e. The maximum absolute atomic E-state index is 11.0. The molecule has 1 aromatic heterocycles. The number of carbonyl (C=O) groups is 1. The van der Waals surface area contributed by atoms with Crippen LogP contribution in [0.5, 0.6) is 0 Å². The van der Waals surface area contributed by atoms with Gasteiger partial charge in [0.15, 0.2) is 0 Å². The molecule has 0 radical (unpaired) electrons. The molecule has 1 aromatic carbocycles. The molecule has 2 N–H and O–H groups in total. The smallest absolute Gasteiger partial charge is 0.335 e. The molecule has 8 heteroatoms. The van der Waals surface area contributed by atoms with Crippen LogP contribution in [0.2, 0.25) is 0 Å². The number of carboxylic acid groups (broad SMARTS) is 1. The van der Waals surface area contributed by atoms with Crippen molar-refractivity contribution in [3.05, 3.63) is 29.8 Å². The average molecular weight is 382 g/mol. The molecule has 2 aliphatic heterocycles. The highest BCUT2D eigenvalue weighted by atomic mass is 16.4. The minimum absolute atomic E-state index is 0.254. The normalized spacial score (nSPS) is 17.4. The van der Waals surface area contributed by atoms with Crippen molar-refractivity contribution in [3.63, 3.8) is 0 Å². The zero-order valence-corrected chi connectivity index (χ0v) is 16.0. The highest BCUT2D eigenvalue weighted by Crippen LogP contribution is 2.24. The van der Waals surface area contributed by atoms with Gasteiger partial charge in [-0.1, -0.05) is 0 Å². The summed E-state index contributed by atoms with van der Waals surface area (Å²) in [4.78, 5) is 29.6. The summed E-state index contributed by atoms with van der Waals surface area (Å²) >= 11 is 0. The van der Waals surface area contributed by atoms with Gasteiger partial charge in [0.1, 0.15) is 0 Å². The lowest BCUT2D eigenvalue weighted by molar-refractivity contribution is 0.0697. The van der Waals surface area contributed by atoms with Gasteiger partial charge in [-0.2, -0.15) is 15.0 Å². The highest BCUT2D eigenvalue weighted by Gasteiger charge is 2.20. The third kappa shape index (κ3) is 4.32. The van der Waals surface area contributed by atoms with Crippen molar-refractivity contribution in [3.8, 4) is 0 Å². The number of aromatic nitrogens is 3. The molecule has 0 bridgehead atoms. The van der Waals surface area contributed by atoms with Gasteiger partial charge < -0.3 is 20.2 Å². The number of aromatic carboxylic acids is 1. The fourth-order valence-electron chi connectivity index (χ4n) is 3.71. The first-order chi connectivity index (χ1) is 13.7. The first kappa shape index (κ1) is 18.5. The number of rotatable bonds is 5. The number of nitrogens with zero attached hydrogens (tertiary/aromatic N) is 5. The molecule has 28 heavy (non-hydrogen) atoms. The predicted molar refractivity (Wildman–Crippen MR) is 109 cm³/mol. The minimum atomic E-state index is -0.938. The van der Waals surface area contributed by atoms with Crippen molar-refractivity contribution in [1.29, 1.82) is 0 Å². The Hall–Kier alpha value is -2.90.